The van der Waals surface area contributed by atoms with Crippen LogP contribution in [0.5, 0.6) is 11.5 Å². The molecule has 0 spiro atoms. The third-order valence-electron chi connectivity index (χ3n) is 4.10. The summed E-state index contributed by atoms with van der Waals surface area (Å²) < 4.78 is 72.2. The first-order chi connectivity index (χ1) is 16.1. The van der Waals surface area contributed by atoms with Crippen LogP contribution in [0.1, 0.15) is 21.1 Å². The number of ether oxygens (including phenoxy) is 2. The van der Waals surface area contributed by atoms with Crippen LogP contribution in [-0.4, -0.2) is 29.8 Å². The van der Waals surface area contributed by atoms with E-state index in [1.165, 1.54) is 17.5 Å². The lowest BCUT2D eigenvalue weighted by Crippen LogP contribution is -2.28. The van der Waals surface area contributed by atoms with Gasteiger partial charge in [0.1, 0.15) is 33.8 Å². The Morgan fingerprint density at radius 2 is 1.68 bits per heavy atom. The van der Waals surface area contributed by atoms with Crippen LogP contribution < -0.4 is 20.1 Å². The highest BCUT2D eigenvalue weighted by Crippen LogP contribution is 2.24. The molecule has 0 radical (unpaired) electrons. The molecule has 0 atom stereocenters. The summed E-state index contributed by atoms with van der Waals surface area (Å²) in [7, 11) is 0. The molecule has 0 aliphatic carbocycles. The Morgan fingerprint density at radius 1 is 0.971 bits per heavy atom. The fraction of sp³-hybridized carbons (Fsp3) is 0.190. The van der Waals surface area contributed by atoms with Crippen LogP contribution in [-0.2, 0) is 17.9 Å². The number of halogens is 5. The number of hydrogen-bond acceptors (Lipinski definition) is 6. The smallest absolute Gasteiger partial charge is 0.484 e. The van der Waals surface area contributed by atoms with Crippen LogP contribution in [0.25, 0.3) is 0 Å². The van der Waals surface area contributed by atoms with E-state index in [1.54, 1.807) is 0 Å². The molecule has 2 amide bonds. The first-order valence-corrected chi connectivity index (χ1v) is 10.4. The zero-order valence-electron chi connectivity index (χ0n) is 17.1. The van der Waals surface area contributed by atoms with Crippen LogP contribution in [0, 0.1) is 11.6 Å². The second-order valence-electron chi connectivity index (χ2n) is 6.63. The maximum atomic E-state index is 13.6. The predicted molar refractivity (Wildman–Crippen MR) is 110 cm³/mol. The number of benzene rings is 2. The summed E-state index contributed by atoms with van der Waals surface area (Å²) in [5.74, 6) is -2.68. The van der Waals surface area contributed by atoms with Gasteiger partial charge >= 0.3 is 6.36 Å². The second kappa shape index (κ2) is 10.9. The Kier molecular flexibility index (Phi) is 7.99. The highest BCUT2D eigenvalue weighted by molar-refractivity contribution is 7.09. The molecule has 0 aliphatic heterocycles. The molecule has 1 aromatic heterocycles. The molecule has 3 rings (SSSR count). The van der Waals surface area contributed by atoms with Crippen molar-refractivity contribution in [2.75, 3.05) is 6.61 Å². The van der Waals surface area contributed by atoms with E-state index in [0.29, 0.717) is 5.01 Å². The molecule has 34 heavy (non-hydrogen) atoms. The maximum absolute atomic E-state index is 13.6. The van der Waals surface area contributed by atoms with E-state index in [4.69, 9.17) is 4.74 Å². The molecule has 13 heteroatoms. The van der Waals surface area contributed by atoms with E-state index < -0.39 is 42.2 Å². The number of amides is 2. The molecule has 0 bridgehead atoms. The van der Waals surface area contributed by atoms with E-state index in [0.717, 1.165) is 41.7 Å². The molecule has 2 aromatic carbocycles. The number of hydrogen-bond donors (Lipinski definition) is 2. The van der Waals surface area contributed by atoms with Gasteiger partial charge in [-0.1, -0.05) is 0 Å². The molecular weight excluding hydrogens is 485 g/mol. The molecule has 0 fully saturated rings. The Labute approximate surface area is 193 Å². The summed E-state index contributed by atoms with van der Waals surface area (Å²) in [5, 5.41) is 6.81. The van der Waals surface area contributed by atoms with Gasteiger partial charge in [-0.25, -0.2) is 13.8 Å². The first-order valence-electron chi connectivity index (χ1n) is 9.51. The monoisotopic (exact) mass is 501 g/mol. The van der Waals surface area contributed by atoms with Gasteiger partial charge in [-0.05, 0) is 42.5 Å². The lowest BCUT2D eigenvalue weighted by atomic mass is 10.2. The highest BCUT2D eigenvalue weighted by Gasteiger charge is 2.31. The van der Waals surface area contributed by atoms with Crippen molar-refractivity contribution in [3.63, 3.8) is 0 Å². The third kappa shape index (κ3) is 7.69. The van der Waals surface area contributed by atoms with E-state index in [2.05, 4.69) is 20.4 Å². The number of rotatable bonds is 9. The van der Waals surface area contributed by atoms with Crippen molar-refractivity contribution in [3.8, 4) is 11.5 Å². The zero-order valence-corrected chi connectivity index (χ0v) is 17.9. The molecule has 7 nitrogen and oxygen atoms in total. The van der Waals surface area contributed by atoms with Gasteiger partial charge in [0.2, 0.25) is 0 Å². The minimum atomic E-state index is -4.81. The molecule has 0 saturated carbocycles. The number of carbonyl (C=O) groups excluding carboxylic acids is 2. The van der Waals surface area contributed by atoms with Crippen LogP contribution in [0.4, 0.5) is 22.0 Å². The molecule has 1 heterocycles. The van der Waals surface area contributed by atoms with Gasteiger partial charge in [0.15, 0.2) is 6.61 Å². The summed E-state index contributed by atoms with van der Waals surface area (Å²) in [6.45, 7) is -0.638. The van der Waals surface area contributed by atoms with E-state index in [9.17, 15) is 31.5 Å². The van der Waals surface area contributed by atoms with Gasteiger partial charge in [0.25, 0.3) is 11.8 Å². The fourth-order valence-corrected chi connectivity index (χ4v) is 3.27. The summed E-state index contributed by atoms with van der Waals surface area (Å²) in [5.41, 5.74) is 0.0297. The average Bonchev–Trinajstić information content (AvgIpc) is 3.26. The molecule has 2 N–H and O–H groups in total. The van der Waals surface area contributed by atoms with Crippen molar-refractivity contribution in [1.82, 2.24) is 15.6 Å². The lowest BCUT2D eigenvalue weighted by molar-refractivity contribution is -0.274. The van der Waals surface area contributed by atoms with Gasteiger partial charge < -0.3 is 20.1 Å². The van der Waals surface area contributed by atoms with Crippen molar-refractivity contribution in [2.24, 2.45) is 0 Å². The number of nitrogens with one attached hydrogen (secondary N) is 2. The first kappa shape index (κ1) is 24.9. The topological polar surface area (TPSA) is 89.6 Å². The fourth-order valence-electron chi connectivity index (χ4n) is 2.55. The number of aromatic nitrogens is 1. The molecule has 180 valence electrons. The van der Waals surface area contributed by atoms with Crippen molar-refractivity contribution in [2.45, 2.75) is 19.5 Å². The van der Waals surface area contributed by atoms with E-state index in [1.807, 2.05) is 0 Å². The van der Waals surface area contributed by atoms with Crippen molar-refractivity contribution in [1.29, 1.82) is 0 Å². The number of thiazole rings is 1. The van der Waals surface area contributed by atoms with Crippen LogP contribution in [0.15, 0.2) is 47.8 Å². The average molecular weight is 501 g/mol. The summed E-state index contributed by atoms with van der Waals surface area (Å²) in [6, 6.07) is 7.43. The Morgan fingerprint density at radius 3 is 2.38 bits per heavy atom. The normalized spacial score (nSPS) is 11.1. The Bertz CT molecular complexity index is 1150. The maximum Gasteiger partial charge on any atom is 0.573 e. The van der Waals surface area contributed by atoms with Crippen molar-refractivity contribution in [3.05, 3.63) is 75.7 Å². The minimum absolute atomic E-state index is 0.00295. The molecule has 0 saturated heterocycles. The number of nitrogens with zero attached hydrogens (tertiary/aromatic N) is 1. The van der Waals surface area contributed by atoms with Crippen LogP contribution >= 0.6 is 11.3 Å². The summed E-state index contributed by atoms with van der Waals surface area (Å²) in [6.07, 6.45) is -4.81. The second-order valence-corrected chi connectivity index (χ2v) is 7.57. The minimum Gasteiger partial charge on any atom is -0.484 e. The third-order valence-corrected chi connectivity index (χ3v) is 4.94. The molecule has 0 unspecified atom stereocenters. The van der Waals surface area contributed by atoms with Crippen LogP contribution in [0.2, 0.25) is 0 Å². The number of carbonyl (C=O) groups is 2. The van der Waals surface area contributed by atoms with Gasteiger partial charge in [-0.15, -0.1) is 24.5 Å². The van der Waals surface area contributed by atoms with E-state index >= 15 is 0 Å². The standard InChI is InChI=1S/C21H16F5N3O4S/c22-13-1-6-16(23)12(7-13)8-28-20(31)17-11-34-19(29-17)9-27-18(30)10-32-14-2-4-15(5-3-14)33-21(24,25)26/h1-7,11H,8-10H2,(H,27,30)(H,28,31). The summed E-state index contributed by atoms with van der Waals surface area (Å²) in [4.78, 5) is 28.2. The van der Waals surface area contributed by atoms with Gasteiger partial charge in [0.05, 0.1) is 6.54 Å². The quantitative estimate of drug-likeness (QED) is 0.434. The number of alkyl halides is 3. The molecular formula is C21H16F5N3O4S. The molecule has 0 aliphatic rings. The van der Waals surface area contributed by atoms with Crippen LogP contribution in [0.3, 0.4) is 0 Å². The largest absolute Gasteiger partial charge is 0.573 e. The predicted octanol–water partition coefficient (Wildman–Crippen LogP) is 3.95. The van der Waals surface area contributed by atoms with Gasteiger partial charge in [0, 0.05) is 17.5 Å². The van der Waals surface area contributed by atoms with E-state index in [-0.39, 0.29) is 30.1 Å². The van der Waals surface area contributed by atoms with Crippen molar-refractivity contribution >= 4 is 23.2 Å². The Balaban J connectivity index is 1.42. The van der Waals surface area contributed by atoms with Crippen molar-refractivity contribution < 1.29 is 41.0 Å². The van der Waals surface area contributed by atoms with Gasteiger partial charge in [-0.3, -0.25) is 9.59 Å². The molecule has 3 aromatic rings. The SMILES string of the molecule is O=C(COc1ccc(OC(F)(F)F)cc1)NCc1nc(C(=O)NCc2cc(F)ccc2F)cs1. The highest BCUT2D eigenvalue weighted by atomic mass is 32.1. The van der Waals surface area contributed by atoms with Gasteiger partial charge in [-0.2, -0.15) is 0 Å². The zero-order chi connectivity index (χ0) is 24.7. The summed E-state index contributed by atoms with van der Waals surface area (Å²) >= 11 is 1.10. The Hall–Kier alpha value is -3.74. The lowest BCUT2D eigenvalue weighted by Gasteiger charge is -2.10.